The Hall–Kier alpha value is -3.19. The second kappa shape index (κ2) is 6.67. The molecule has 0 radical (unpaired) electrons. The zero-order valence-corrected chi connectivity index (χ0v) is 16.9. The van der Waals surface area contributed by atoms with Gasteiger partial charge in [-0.2, -0.15) is 0 Å². The van der Waals surface area contributed by atoms with Crippen LogP contribution < -0.4 is 10.5 Å². The van der Waals surface area contributed by atoms with Crippen molar-refractivity contribution in [1.29, 1.82) is 0 Å². The van der Waals surface area contributed by atoms with Crippen molar-refractivity contribution in [1.82, 2.24) is 19.3 Å². The molecular weight excluding hydrogens is 378 g/mol. The standard InChI is InChI=1S/C23H23N5O2/c1-15-12-28-14-20(25-22(28)11-24-15)19-9-16-4-5-17(10-21(16)30-23(19)29)27-8-7-26-6-2-3-18(26)13-27/h4-5,9-12,14,18H,2-3,6-8,13H2,1H3/t18-/m0/s1. The molecule has 2 fully saturated rings. The average Bonchev–Trinajstić information content (AvgIpc) is 3.38. The van der Waals surface area contributed by atoms with E-state index in [0.29, 0.717) is 28.5 Å². The van der Waals surface area contributed by atoms with Gasteiger partial charge in [-0.1, -0.05) is 0 Å². The quantitative estimate of drug-likeness (QED) is 0.481. The largest absolute Gasteiger partial charge is 0.422 e. The second-order valence-electron chi connectivity index (χ2n) is 8.37. The molecule has 0 aliphatic carbocycles. The zero-order chi connectivity index (χ0) is 20.2. The molecule has 2 aliphatic rings. The van der Waals surface area contributed by atoms with Crippen LogP contribution in [0, 0.1) is 6.92 Å². The highest BCUT2D eigenvalue weighted by Gasteiger charge is 2.30. The molecule has 7 heteroatoms. The molecule has 0 spiro atoms. The number of hydrogen-bond acceptors (Lipinski definition) is 6. The molecule has 2 saturated heterocycles. The highest BCUT2D eigenvalue weighted by atomic mass is 16.4. The Kier molecular flexibility index (Phi) is 3.92. The van der Waals surface area contributed by atoms with Crippen LogP contribution in [0.2, 0.25) is 0 Å². The third kappa shape index (κ3) is 2.89. The predicted octanol–water partition coefficient (Wildman–Crippen LogP) is 3.10. The number of benzene rings is 1. The van der Waals surface area contributed by atoms with Gasteiger partial charge in [-0.25, -0.2) is 9.78 Å². The van der Waals surface area contributed by atoms with Crippen molar-refractivity contribution in [2.75, 3.05) is 31.1 Å². The summed E-state index contributed by atoms with van der Waals surface area (Å²) in [5.74, 6) is 0. The molecule has 0 unspecified atom stereocenters. The van der Waals surface area contributed by atoms with Crippen molar-refractivity contribution < 1.29 is 4.42 Å². The van der Waals surface area contributed by atoms with Crippen molar-refractivity contribution >= 4 is 22.3 Å². The van der Waals surface area contributed by atoms with Crippen LogP contribution in [0.25, 0.3) is 27.9 Å². The molecule has 1 atom stereocenters. The fourth-order valence-corrected chi connectivity index (χ4v) is 4.83. The Bertz CT molecular complexity index is 1320. The summed E-state index contributed by atoms with van der Waals surface area (Å²) in [6.45, 7) is 6.32. The summed E-state index contributed by atoms with van der Waals surface area (Å²) in [4.78, 5) is 26.6. The molecule has 1 aromatic carbocycles. The highest BCUT2D eigenvalue weighted by Crippen LogP contribution is 2.29. The molecule has 7 nitrogen and oxygen atoms in total. The third-order valence-electron chi connectivity index (χ3n) is 6.42. The summed E-state index contributed by atoms with van der Waals surface area (Å²) < 4.78 is 7.61. The topological polar surface area (TPSA) is 66.9 Å². The highest BCUT2D eigenvalue weighted by molar-refractivity contribution is 5.84. The Morgan fingerprint density at radius 1 is 1.13 bits per heavy atom. The number of fused-ring (bicyclic) bond motifs is 3. The number of aryl methyl sites for hydroxylation is 1. The lowest BCUT2D eigenvalue weighted by Crippen LogP contribution is -2.50. The summed E-state index contributed by atoms with van der Waals surface area (Å²) in [6.07, 6.45) is 8.02. The van der Waals surface area contributed by atoms with E-state index in [1.807, 2.05) is 41.9 Å². The molecule has 3 aromatic heterocycles. The Balaban J connectivity index is 1.36. The van der Waals surface area contributed by atoms with Gasteiger partial charge >= 0.3 is 5.63 Å². The number of aromatic nitrogens is 3. The molecule has 6 rings (SSSR count). The molecule has 152 valence electrons. The third-order valence-corrected chi connectivity index (χ3v) is 6.42. The minimum Gasteiger partial charge on any atom is -0.422 e. The summed E-state index contributed by atoms with van der Waals surface area (Å²) in [5.41, 5.74) is 4.04. The minimum absolute atomic E-state index is 0.367. The van der Waals surface area contributed by atoms with E-state index in [9.17, 15) is 4.79 Å². The SMILES string of the molecule is Cc1cn2cc(-c3cc4ccc(N5CCN6CCC[C@H]6C5)cc4oc3=O)nc2cn1. The lowest BCUT2D eigenvalue weighted by atomic mass is 10.1. The van der Waals surface area contributed by atoms with E-state index in [-0.39, 0.29) is 5.63 Å². The van der Waals surface area contributed by atoms with E-state index >= 15 is 0 Å². The predicted molar refractivity (Wildman–Crippen MR) is 116 cm³/mol. The van der Waals surface area contributed by atoms with E-state index in [2.05, 4.69) is 25.8 Å². The van der Waals surface area contributed by atoms with Gasteiger partial charge in [0.05, 0.1) is 23.1 Å². The fourth-order valence-electron chi connectivity index (χ4n) is 4.83. The number of piperazine rings is 1. The number of imidazole rings is 1. The maximum absolute atomic E-state index is 12.8. The first-order valence-corrected chi connectivity index (χ1v) is 10.5. The molecule has 0 amide bonds. The van der Waals surface area contributed by atoms with E-state index in [1.165, 1.54) is 19.4 Å². The fraction of sp³-hybridized carbons (Fsp3) is 0.348. The molecule has 30 heavy (non-hydrogen) atoms. The van der Waals surface area contributed by atoms with Crippen molar-refractivity contribution in [3.63, 3.8) is 0 Å². The first kappa shape index (κ1) is 17.7. The monoisotopic (exact) mass is 401 g/mol. The van der Waals surface area contributed by atoms with Crippen LogP contribution in [0.5, 0.6) is 0 Å². The molecule has 2 aliphatic heterocycles. The van der Waals surface area contributed by atoms with Gasteiger partial charge in [0.1, 0.15) is 5.58 Å². The number of hydrogen-bond donors (Lipinski definition) is 0. The lowest BCUT2D eigenvalue weighted by Gasteiger charge is -2.38. The molecule has 0 saturated carbocycles. The molecular formula is C23H23N5O2. The number of nitrogens with zero attached hydrogens (tertiary/aromatic N) is 5. The van der Waals surface area contributed by atoms with Crippen LogP contribution in [0.1, 0.15) is 18.5 Å². The Morgan fingerprint density at radius 2 is 2.07 bits per heavy atom. The normalized spacial score (nSPS) is 19.6. The first-order valence-electron chi connectivity index (χ1n) is 10.5. The van der Waals surface area contributed by atoms with Crippen LogP contribution in [-0.4, -0.2) is 51.5 Å². The summed E-state index contributed by atoms with van der Waals surface area (Å²) in [5, 5.41) is 0.902. The van der Waals surface area contributed by atoms with E-state index < -0.39 is 0 Å². The van der Waals surface area contributed by atoms with Gasteiger partial charge in [-0.3, -0.25) is 9.88 Å². The van der Waals surface area contributed by atoms with Crippen LogP contribution >= 0.6 is 0 Å². The Morgan fingerprint density at radius 3 is 3.00 bits per heavy atom. The van der Waals surface area contributed by atoms with Crippen molar-refractivity contribution in [3.8, 4) is 11.3 Å². The van der Waals surface area contributed by atoms with Crippen LogP contribution in [-0.2, 0) is 0 Å². The molecule has 5 heterocycles. The van der Waals surface area contributed by atoms with Crippen LogP contribution in [0.15, 0.2) is 52.1 Å². The van der Waals surface area contributed by atoms with Gasteiger partial charge in [0, 0.05) is 55.2 Å². The van der Waals surface area contributed by atoms with Crippen LogP contribution in [0.4, 0.5) is 5.69 Å². The minimum atomic E-state index is -0.367. The smallest absolute Gasteiger partial charge is 0.345 e. The van der Waals surface area contributed by atoms with E-state index in [0.717, 1.165) is 36.4 Å². The second-order valence-corrected chi connectivity index (χ2v) is 8.37. The van der Waals surface area contributed by atoms with E-state index in [4.69, 9.17) is 4.42 Å². The van der Waals surface area contributed by atoms with Crippen molar-refractivity contribution in [2.45, 2.75) is 25.8 Å². The maximum Gasteiger partial charge on any atom is 0.345 e. The summed E-state index contributed by atoms with van der Waals surface area (Å²) in [6, 6.07) is 8.70. The number of anilines is 1. The van der Waals surface area contributed by atoms with Crippen molar-refractivity contribution in [3.05, 3.63) is 59.0 Å². The van der Waals surface area contributed by atoms with Gasteiger partial charge in [-0.15, -0.1) is 0 Å². The summed E-state index contributed by atoms with van der Waals surface area (Å²) >= 11 is 0. The lowest BCUT2D eigenvalue weighted by molar-refractivity contribution is 0.231. The van der Waals surface area contributed by atoms with E-state index in [1.54, 1.807) is 6.20 Å². The Labute approximate surface area is 173 Å². The van der Waals surface area contributed by atoms with Crippen LogP contribution in [0.3, 0.4) is 0 Å². The van der Waals surface area contributed by atoms with Gasteiger partial charge in [-0.05, 0) is 44.5 Å². The molecule has 4 aromatic rings. The van der Waals surface area contributed by atoms with Gasteiger partial charge in [0.25, 0.3) is 0 Å². The first-order chi connectivity index (χ1) is 14.6. The van der Waals surface area contributed by atoms with Gasteiger partial charge in [0.15, 0.2) is 5.65 Å². The van der Waals surface area contributed by atoms with Crippen molar-refractivity contribution in [2.24, 2.45) is 0 Å². The van der Waals surface area contributed by atoms with Gasteiger partial charge in [0.2, 0.25) is 0 Å². The molecule has 0 N–H and O–H groups in total. The van der Waals surface area contributed by atoms with Gasteiger partial charge < -0.3 is 13.7 Å². The zero-order valence-electron chi connectivity index (χ0n) is 16.9. The summed E-state index contributed by atoms with van der Waals surface area (Å²) in [7, 11) is 0. The molecule has 0 bridgehead atoms. The maximum atomic E-state index is 12.8. The average molecular weight is 401 g/mol. The number of rotatable bonds is 2.